The molecule has 0 spiro atoms. The summed E-state index contributed by atoms with van der Waals surface area (Å²) in [5.74, 6) is -0.0213. The van der Waals surface area contributed by atoms with E-state index in [1.165, 1.54) is 0 Å². The van der Waals surface area contributed by atoms with Crippen molar-refractivity contribution < 1.29 is 9.90 Å². The van der Waals surface area contributed by atoms with Crippen LogP contribution >= 0.6 is 0 Å². The zero-order valence-electron chi connectivity index (χ0n) is 9.47. The van der Waals surface area contributed by atoms with Gasteiger partial charge in [0.25, 0.3) is 0 Å². The summed E-state index contributed by atoms with van der Waals surface area (Å²) in [6, 6.07) is 17.3. The molecule has 17 heavy (non-hydrogen) atoms. The van der Waals surface area contributed by atoms with Crippen LogP contribution in [-0.4, -0.2) is 17.5 Å². The number of Topliss-reactive ketones (excluding diaryl/α,β-unsaturated/α-hetero) is 1. The van der Waals surface area contributed by atoms with Gasteiger partial charge in [0, 0.05) is 12.0 Å². The van der Waals surface area contributed by atoms with Crippen LogP contribution in [0.5, 0.6) is 0 Å². The number of aliphatic hydroxyl groups is 1. The first-order valence-electron chi connectivity index (χ1n) is 5.61. The standard InChI is InChI=1S/C15H14O2/c16-11-10-15(17)14-9-5-4-8-13(14)12-6-2-1-3-7-12/h1-9,16H,10-11H2. The summed E-state index contributed by atoms with van der Waals surface area (Å²) in [7, 11) is 0. The Bertz CT molecular complexity index is 503. The van der Waals surface area contributed by atoms with Crippen LogP contribution in [0.15, 0.2) is 54.6 Å². The van der Waals surface area contributed by atoms with Crippen LogP contribution in [0.3, 0.4) is 0 Å². The zero-order valence-corrected chi connectivity index (χ0v) is 9.47. The fraction of sp³-hybridized carbons (Fsp3) is 0.133. The smallest absolute Gasteiger partial charge is 0.165 e. The van der Waals surface area contributed by atoms with E-state index in [0.717, 1.165) is 11.1 Å². The molecule has 0 atom stereocenters. The molecule has 2 heteroatoms. The normalized spacial score (nSPS) is 10.2. The van der Waals surface area contributed by atoms with E-state index in [1.807, 2.05) is 48.5 Å². The highest BCUT2D eigenvalue weighted by atomic mass is 16.3. The van der Waals surface area contributed by atoms with E-state index >= 15 is 0 Å². The summed E-state index contributed by atoms with van der Waals surface area (Å²) in [5.41, 5.74) is 2.62. The Morgan fingerprint density at radius 2 is 1.59 bits per heavy atom. The van der Waals surface area contributed by atoms with Gasteiger partial charge in [-0.15, -0.1) is 0 Å². The molecule has 0 fully saturated rings. The topological polar surface area (TPSA) is 37.3 Å². The van der Waals surface area contributed by atoms with E-state index in [9.17, 15) is 4.79 Å². The number of carbonyl (C=O) groups is 1. The summed E-state index contributed by atoms with van der Waals surface area (Å²) in [6.45, 7) is -0.109. The minimum absolute atomic E-state index is 0.0213. The molecule has 0 aromatic heterocycles. The lowest BCUT2D eigenvalue weighted by Crippen LogP contribution is -2.03. The van der Waals surface area contributed by atoms with Gasteiger partial charge >= 0.3 is 0 Å². The summed E-state index contributed by atoms with van der Waals surface area (Å²) < 4.78 is 0. The number of rotatable bonds is 4. The van der Waals surface area contributed by atoms with Crippen molar-refractivity contribution in [1.82, 2.24) is 0 Å². The molecular weight excluding hydrogens is 212 g/mol. The van der Waals surface area contributed by atoms with Crippen LogP contribution < -0.4 is 0 Å². The lowest BCUT2D eigenvalue weighted by atomic mass is 9.96. The van der Waals surface area contributed by atoms with Crippen molar-refractivity contribution in [2.45, 2.75) is 6.42 Å². The molecule has 0 bridgehead atoms. The van der Waals surface area contributed by atoms with E-state index in [-0.39, 0.29) is 18.8 Å². The number of aliphatic hydroxyl groups excluding tert-OH is 1. The SMILES string of the molecule is O=C(CCO)c1ccccc1-c1ccccc1. The molecule has 2 rings (SSSR count). The quantitative estimate of drug-likeness (QED) is 0.814. The van der Waals surface area contributed by atoms with Crippen LogP contribution in [0.25, 0.3) is 11.1 Å². The van der Waals surface area contributed by atoms with Crippen molar-refractivity contribution in [3.63, 3.8) is 0 Å². The Morgan fingerprint density at radius 3 is 2.29 bits per heavy atom. The number of carbonyl (C=O) groups excluding carboxylic acids is 1. The lowest BCUT2D eigenvalue weighted by Gasteiger charge is -2.08. The molecule has 1 N–H and O–H groups in total. The molecule has 0 aliphatic heterocycles. The lowest BCUT2D eigenvalue weighted by molar-refractivity contribution is 0.0957. The van der Waals surface area contributed by atoms with E-state index < -0.39 is 0 Å². The van der Waals surface area contributed by atoms with E-state index in [1.54, 1.807) is 6.07 Å². The molecule has 0 aliphatic rings. The van der Waals surface area contributed by atoms with Gasteiger partial charge in [0.2, 0.25) is 0 Å². The van der Waals surface area contributed by atoms with Crippen LogP contribution in [-0.2, 0) is 0 Å². The first-order chi connectivity index (χ1) is 8.33. The highest BCUT2D eigenvalue weighted by molar-refractivity contribution is 6.02. The molecular formula is C15H14O2. The molecule has 0 amide bonds. The summed E-state index contributed by atoms with van der Waals surface area (Å²) in [6.07, 6.45) is 0.170. The Kier molecular flexibility index (Phi) is 3.68. The molecule has 2 aromatic carbocycles. The summed E-state index contributed by atoms with van der Waals surface area (Å²) in [5, 5.41) is 8.84. The Hall–Kier alpha value is -1.93. The van der Waals surface area contributed by atoms with Crippen molar-refractivity contribution in [3.8, 4) is 11.1 Å². The predicted octanol–water partition coefficient (Wildman–Crippen LogP) is 2.92. The van der Waals surface area contributed by atoms with Gasteiger partial charge in [-0.2, -0.15) is 0 Å². The molecule has 86 valence electrons. The Labute approximate surface area is 101 Å². The Balaban J connectivity index is 2.45. The highest BCUT2D eigenvalue weighted by Gasteiger charge is 2.11. The second kappa shape index (κ2) is 5.41. The maximum absolute atomic E-state index is 11.9. The van der Waals surface area contributed by atoms with Crippen LogP contribution in [0, 0.1) is 0 Å². The molecule has 2 nitrogen and oxygen atoms in total. The zero-order chi connectivity index (χ0) is 12.1. The second-order valence-electron chi connectivity index (χ2n) is 3.81. The maximum atomic E-state index is 11.9. The van der Waals surface area contributed by atoms with Crippen molar-refractivity contribution >= 4 is 5.78 Å². The largest absolute Gasteiger partial charge is 0.396 e. The third kappa shape index (κ3) is 2.60. The number of benzene rings is 2. The summed E-state index contributed by atoms with van der Waals surface area (Å²) >= 11 is 0. The molecule has 0 aliphatic carbocycles. The fourth-order valence-electron chi connectivity index (χ4n) is 1.83. The van der Waals surface area contributed by atoms with Crippen LogP contribution in [0.2, 0.25) is 0 Å². The average Bonchev–Trinajstić information content (AvgIpc) is 2.40. The molecule has 0 saturated heterocycles. The highest BCUT2D eigenvalue weighted by Crippen LogP contribution is 2.24. The van der Waals surface area contributed by atoms with E-state index in [0.29, 0.717) is 5.56 Å². The van der Waals surface area contributed by atoms with Crippen molar-refractivity contribution in [2.24, 2.45) is 0 Å². The first kappa shape index (κ1) is 11.6. The van der Waals surface area contributed by atoms with Gasteiger partial charge in [0.1, 0.15) is 0 Å². The van der Waals surface area contributed by atoms with Crippen molar-refractivity contribution in [3.05, 3.63) is 60.2 Å². The predicted molar refractivity (Wildman–Crippen MR) is 67.9 cm³/mol. The van der Waals surface area contributed by atoms with Gasteiger partial charge in [0.15, 0.2) is 5.78 Å². The molecule has 0 radical (unpaired) electrons. The van der Waals surface area contributed by atoms with Crippen LogP contribution in [0.4, 0.5) is 0 Å². The maximum Gasteiger partial charge on any atom is 0.165 e. The minimum atomic E-state index is -0.109. The molecule has 2 aromatic rings. The third-order valence-corrected chi connectivity index (χ3v) is 2.65. The van der Waals surface area contributed by atoms with Gasteiger partial charge in [0.05, 0.1) is 6.61 Å². The molecule has 0 saturated carbocycles. The van der Waals surface area contributed by atoms with Crippen molar-refractivity contribution in [1.29, 1.82) is 0 Å². The van der Waals surface area contributed by atoms with Gasteiger partial charge in [-0.3, -0.25) is 4.79 Å². The fourth-order valence-corrected chi connectivity index (χ4v) is 1.83. The van der Waals surface area contributed by atoms with Gasteiger partial charge in [-0.25, -0.2) is 0 Å². The second-order valence-corrected chi connectivity index (χ2v) is 3.81. The average molecular weight is 226 g/mol. The monoisotopic (exact) mass is 226 g/mol. The number of hydrogen-bond acceptors (Lipinski definition) is 2. The van der Waals surface area contributed by atoms with E-state index in [2.05, 4.69) is 0 Å². The number of ketones is 1. The van der Waals surface area contributed by atoms with Gasteiger partial charge in [-0.1, -0.05) is 54.6 Å². The third-order valence-electron chi connectivity index (χ3n) is 2.65. The van der Waals surface area contributed by atoms with Gasteiger partial charge < -0.3 is 5.11 Å². The van der Waals surface area contributed by atoms with Crippen LogP contribution in [0.1, 0.15) is 16.8 Å². The number of hydrogen-bond donors (Lipinski definition) is 1. The summed E-state index contributed by atoms with van der Waals surface area (Å²) in [4.78, 5) is 11.9. The molecule has 0 heterocycles. The van der Waals surface area contributed by atoms with E-state index in [4.69, 9.17) is 5.11 Å². The Morgan fingerprint density at radius 1 is 0.941 bits per heavy atom. The first-order valence-corrected chi connectivity index (χ1v) is 5.61. The molecule has 0 unspecified atom stereocenters. The minimum Gasteiger partial charge on any atom is -0.396 e. The van der Waals surface area contributed by atoms with Crippen molar-refractivity contribution in [2.75, 3.05) is 6.61 Å². The van der Waals surface area contributed by atoms with Gasteiger partial charge in [-0.05, 0) is 11.1 Å².